The Morgan fingerprint density at radius 2 is 1.73 bits per heavy atom. The van der Waals surface area contributed by atoms with Crippen molar-refractivity contribution in [3.63, 3.8) is 0 Å². The second-order valence-corrected chi connectivity index (χ2v) is 7.51. The minimum Gasteiger partial charge on any atom is -0.341 e. The first-order chi connectivity index (χ1) is 12.7. The highest BCUT2D eigenvalue weighted by Crippen LogP contribution is 2.22. The fourth-order valence-corrected chi connectivity index (χ4v) is 4.32. The fraction of sp³-hybridized carbons (Fsp3) is 0.455. The van der Waals surface area contributed by atoms with Crippen LogP contribution in [-0.4, -0.2) is 53.7 Å². The van der Waals surface area contributed by atoms with Crippen molar-refractivity contribution in [2.24, 2.45) is 0 Å². The van der Waals surface area contributed by atoms with E-state index < -0.39 is 0 Å². The van der Waals surface area contributed by atoms with Crippen LogP contribution in [0.1, 0.15) is 42.5 Å². The summed E-state index contributed by atoms with van der Waals surface area (Å²) < 4.78 is 0. The van der Waals surface area contributed by atoms with Crippen LogP contribution in [0.3, 0.4) is 0 Å². The van der Waals surface area contributed by atoms with Gasteiger partial charge in [-0.1, -0.05) is 36.4 Å². The topological polar surface area (TPSA) is 40.6 Å². The van der Waals surface area contributed by atoms with E-state index in [4.69, 9.17) is 0 Å². The molecule has 0 spiro atoms. The first kappa shape index (κ1) is 17.2. The van der Waals surface area contributed by atoms with Crippen molar-refractivity contribution in [2.75, 3.05) is 26.2 Å². The van der Waals surface area contributed by atoms with Crippen LogP contribution in [-0.2, 0) is 4.79 Å². The van der Waals surface area contributed by atoms with E-state index in [1.54, 1.807) is 0 Å². The van der Waals surface area contributed by atoms with Gasteiger partial charge in [0.25, 0.3) is 0 Å². The van der Waals surface area contributed by atoms with Crippen LogP contribution in [0.5, 0.6) is 0 Å². The lowest BCUT2D eigenvalue weighted by Crippen LogP contribution is -2.39. The molecule has 4 nitrogen and oxygen atoms in total. The summed E-state index contributed by atoms with van der Waals surface area (Å²) in [6.45, 7) is 3.94. The summed E-state index contributed by atoms with van der Waals surface area (Å²) in [6.07, 6.45) is 4.09. The molecular weight excluding hydrogens is 324 g/mol. The highest BCUT2D eigenvalue weighted by molar-refractivity contribution is 6.01. The monoisotopic (exact) mass is 350 g/mol. The largest absolute Gasteiger partial charge is 0.341 e. The molecule has 1 amide bonds. The Labute approximate surface area is 154 Å². The van der Waals surface area contributed by atoms with E-state index in [1.807, 2.05) is 47.4 Å². The van der Waals surface area contributed by atoms with Crippen molar-refractivity contribution in [3.05, 3.63) is 48.0 Å². The molecular formula is C22H26N2O2. The van der Waals surface area contributed by atoms with E-state index in [2.05, 4.69) is 4.90 Å². The maximum Gasteiger partial charge on any atom is 0.223 e. The van der Waals surface area contributed by atoms with Gasteiger partial charge in [0.1, 0.15) is 0 Å². The molecule has 1 atom stereocenters. The molecule has 0 aromatic heterocycles. The molecule has 2 aromatic carbocycles. The van der Waals surface area contributed by atoms with E-state index in [-0.39, 0.29) is 11.7 Å². The number of nitrogens with zero attached hydrogens (tertiary/aromatic N) is 2. The number of Topliss-reactive ketones (excluding diaryl/α,β-unsaturated/α-hetero) is 1. The van der Waals surface area contributed by atoms with Gasteiger partial charge in [-0.25, -0.2) is 0 Å². The molecule has 0 saturated carbocycles. The predicted molar refractivity (Wildman–Crippen MR) is 103 cm³/mol. The summed E-state index contributed by atoms with van der Waals surface area (Å²) >= 11 is 0. The SMILES string of the molecule is O=C(CCC(=O)N1CCCN2CCCC2C1)c1ccc2ccccc2c1. The third-order valence-electron chi connectivity index (χ3n) is 5.79. The van der Waals surface area contributed by atoms with Crippen molar-refractivity contribution in [3.8, 4) is 0 Å². The number of hydrogen-bond acceptors (Lipinski definition) is 3. The molecule has 4 rings (SSSR count). The molecule has 1 unspecified atom stereocenters. The molecule has 4 heteroatoms. The molecule has 26 heavy (non-hydrogen) atoms. The van der Waals surface area contributed by atoms with Crippen LogP contribution in [0.2, 0.25) is 0 Å². The highest BCUT2D eigenvalue weighted by Gasteiger charge is 2.30. The predicted octanol–water partition coefficient (Wildman–Crippen LogP) is 3.50. The second kappa shape index (κ2) is 7.58. The Bertz CT molecular complexity index is 817. The lowest BCUT2D eigenvalue weighted by Gasteiger charge is -2.25. The van der Waals surface area contributed by atoms with E-state index in [9.17, 15) is 9.59 Å². The lowest BCUT2D eigenvalue weighted by atomic mass is 10.0. The molecule has 0 N–H and O–H groups in total. The number of amides is 1. The van der Waals surface area contributed by atoms with Gasteiger partial charge in [-0.05, 0) is 42.6 Å². The van der Waals surface area contributed by atoms with Gasteiger partial charge < -0.3 is 4.90 Å². The molecule has 2 aliphatic heterocycles. The van der Waals surface area contributed by atoms with Gasteiger partial charge in [0, 0.05) is 44.1 Å². The van der Waals surface area contributed by atoms with Crippen molar-refractivity contribution in [1.82, 2.24) is 9.80 Å². The zero-order valence-corrected chi connectivity index (χ0v) is 15.2. The Balaban J connectivity index is 1.36. The maximum absolute atomic E-state index is 12.6. The van der Waals surface area contributed by atoms with Crippen molar-refractivity contribution < 1.29 is 9.59 Å². The standard InChI is InChI=1S/C22H26N2O2/c25-21(19-9-8-17-5-1-2-6-18(17)15-19)10-11-22(26)24-14-4-13-23-12-3-7-20(23)16-24/h1-2,5-6,8-9,15,20H,3-4,7,10-14,16H2. The van der Waals surface area contributed by atoms with E-state index in [0.717, 1.165) is 36.8 Å². The molecule has 2 aromatic rings. The number of ketones is 1. The summed E-state index contributed by atoms with van der Waals surface area (Å²) in [5.74, 6) is 0.189. The first-order valence-electron chi connectivity index (χ1n) is 9.74. The number of carbonyl (C=O) groups is 2. The molecule has 2 fully saturated rings. The average Bonchev–Trinajstić information content (AvgIpc) is 3.02. The molecule has 0 bridgehead atoms. The smallest absolute Gasteiger partial charge is 0.223 e. The Kier molecular flexibility index (Phi) is 5.02. The summed E-state index contributed by atoms with van der Waals surface area (Å²) in [6, 6.07) is 14.3. The van der Waals surface area contributed by atoms with Gasteiger partial charge in [0.15, 0.2) is 5.78 Å². The van der Waals surface area contributed by atoms with Crippen LogP contribution >= 0.6 is 0 Å². The summed E-state index contributed by atoms with van der Waals surface area (Å²) in [5.41, 5.74) is 0.703. The Morgan fingerprint density at radius 1 is 0.923 bits per heavy atom. The van der Waals surface area contributed by atoms with Crippen LogP contribution in [0.4, 0.5) is 0 Å². The van der Waals surface area contributed by atoms with Crippen LogP contribution < -0.4 is 0 Å². The maximum atomic E-state index is 12.6. The van der Waals surface area contributed by atoms with E-state index in [0.29, 0.717) is 24.4 Å². The fourth-order valence-electron chi connectivity index (χ4n) is 4.32. The van der Waals surface area contributed by atoms with Gasteiger partial charge in [-0.2, -0.15) is 0 Å². The van der Waals surface area contributed by atoms with Crippen molar-refractivity contribution in [1.29, 1.82) is 0 Å². The molecule has 2 saturated heterocycles. The molecule has 0 aliphatic carbocycles. The van der Waals surface area contributed by atoms with Crippen molar-refractivity contribution in [2.45, 2.75) is 38.1 Å². The van der Waals surface area contributed by atoms with Gasteiger partial charge in [0.2, 0.25) is 5.91 Å². The average molecular weight is 350 g/mol. The minimum atomic E-state index is 0.0569. The summed E-state index contributed by atoms with van der Waals surface area (Å²) in [5, 5.41) is 2.20. The van der Waals surface area contributed by atoms with Crippen LogP contribution in [0.15, 0.2) is 42.5 Å². The number of carbonyl (C=O) groups excluding carboxylic acids is 2. The third kappa shape index (κ3) is 3.65. The third-order valence-corrected chi connectivity index (χ3v) is 5.79. The quantitative estimate of drug-likeness (QED) is 0.793. The Hall–Kier alpha value is -2.20. The number of rotatable bonds is 4. The molecule has 0 radical (unpaired) electrons. The number of hydrogen-bond donors (Lipinski definition) is 0. The molecule has 136 valence electrons. The van der Waals surface area contributed by atoms with Crippen molar-refractivity contribution >= 4 is 22.5 Å². The van der Waals surface area contributed by atoms with Gasteiger partial charge in [-0.3, -0.25) is 14.5 Å². The van der Waals surface area contributed by atoms with E-state index in [1.165, 1.54) is 19.4 Å². The zero-order valence-electron chi connectivity index (χ0n) is 15.2. The Morgan fingerprint density at radius 3 is 2.62 bits per heavy atom. The highest BCUT2D eigenvalue weighted by atomic mass is 16.2. The molecule has 2 heterocycles. The minimum absolute atomic E-state index is 0.0569. The zero-order chi connectivity index (χ0) is 17.9. The second-order valence-electron chi connectivity index (χ2n) is 7.51. The number of fused-ring (bicyclic) bond motifs is 2. The van der Waals surface area contributed by atoms with Gasteiger partial charge >= 0.3 is 0 Å². The summed E-state index contributed by atoms with van der Waals surface area (Å²) in [7, 11) is 0. The number of benzene rings is 2. The van der Waals surface area contributed by atoms with E-state index >= 15 is 0 Å². The summed E-state index contributed by atoms with van der Waals surface area (Å²) in [4.78, 5) is 29.7. The van der Waals surface area contributed by atoms with Gasteiger partial charge in [-0.15, -0.1) is 0 Å². The van der Waals surface area contributed by atoms with Crippen LogP contribution in [0, 0.1) is 0 Å². The molecule has 2 aliphatic rings. The normalized spacial score (nSPS) is 20.8. The first-order valence-corrected chi connectivity index (χ1v) is 9.74. The van der Waals surface area contributed by atoms with Crippen LogP contribution in [0.25, 0.3) is 10.8 Å². The van der Waals surface area contributed by atoms with Gasteiger partial charge in [0.05, 0.1) is 0 Å². The lowest BCUT2D eigenvalue weighted by molar-refractivity contribution is -0.131.